The summed E-state index contributed by atoms with van der Waals surface area (Å²) >= 11 is 0. The lowest BCUT2D eigenvalue weighted by Gasteiger charge is -2.22. The first-order chi connectivity index (χ1) is 14.6. The maximum Gasteiger partial charge on any atom is 0.311 e. The molecule has 184 valence electrons. The van der Waals surface area contributed by atoms with Gasteiger partial charge < -0.3 is 14.2 Å². The molecular formula is C26H50O5. The van der Waals surface area contributed by atoms with Crippen LogP contribution in [-0.2, 0) is 23.8 Å². The highest BCUT2D eigenvalue weighted by Crippen LogP contribution is 2.24. The molecule has 5 heteroatoms. The molecule has 0 spiro atoms. The number of hydrogen-bond acceptors (Lipinski definition) is 5. The molecule has 5 nitrogen and oxygen atoms in total. The van der Waals surface area contributed by atoms with Gasteiger partial charge in [-0.3, -0.25) is 9.59 Å². The molecule has 1 unspecified atom stereocenters. The van der Waals surface area contributed by atoms with Crippen LogP contribution in [0.2, 0.25) is 0 Å². The predicted octanol–water partition coefficient (Wildman–Crippen LogP) is 6.86. The van der Waals surface area contributed by atoms with Gasteiger partial charge in [-0.05, 0) is 47.0 Å². The maximum absolute atomic E-state index is 11.7. The van der Waals surface area contributed by atoms with Crippen LogP contribution in [-0.4, -0.2) is 37.9 Å². The number of carbonyl (C=O) groups is 2. The lowest BCUT2D eigenvalue weighted by molar-refractivity contribution is -0.159. The lowest BCUT2D eigenvalue weighted by Crippen LogP contribution is -2.30. The highest BCUT2D eigenvalue weighted by Gasteiger charge is 2.30. The van der Waals surface area contributed by atoms with Gasteiger partial charge >= 0.3 is 11.9 Å². The fourth-order valence-electron chi connectivity index (χ4n) is 2.80. The van der Waals surface area contributed by atoms with E-state index >= 15 is 0 Å². The van der Waals surface area contributed by atoms with Crippen molar-refractivity contribution in [2.75, 3.05) is 19.8 Å². The lowest BCUT2D eigenvalue weighted by atomic mass is 9.90. The second kappa shape index (κ2) is 16.5. The van der Waals surface area contributed by atoms with E-state index in [1.165, 1.54) is 44.9 Å². The number of hydrogen-bond donors (Lipinski definition) is 0. The molecule has 0 aromatic rings. The zero-order valence-electron chi connectivity index (χ0n) is 21.5. The molecule has 1 atom stereocenters. The second-order valence-corrected chi connectivity index (χ2v) is 9.98. The van der Waals surface area contributed by atoms with Gasteiger partial charge in [-0.2, -0.15) is 0 Å². The van der Waals surface area contributed by atoms with Gasteiger partial charge in [-0.1, -0.05) is 65.7 Å². The Morgan fingerprint density at radius 2 is 1.32 bits per heavy atom. The summed E-state index contributed by atoms with van der Waals surface area (Å²) in [6, 6.07) is 0. The van der Waals surface area contributed by atoms with Crippen molar-refractivity contribution in [3.63, 3.8) is 0 Å². The van der Waals surface area contributed by atoms with Crippen molar-refractivity contribution in [2.45, 2.75) is 125 Å². The van der Waals surface area contributed by atoms with Crippen LogP contribution in [0, 0.1) is 10.8 Å². The van der Waals surface area contributed by atoms with Gasteiger partial charge in [-0.25, -0.2) is 0 Å². The van der Waals surface area contributed by atoms with Gasteiger partial charge in [0.15, 0.2) is 0 Å². The third-order valence-electron chi connectivity index (χ3n) is 6.27. The van der Waals surface area contributed by atoms with E-state index in [4.69, 9.17) is 14.2 Å². The van der Waals surface area contributed by atoms with Gasteiger partial charge in [0.25, 0.3) is 0 Å². The SMILES string of the molecule is CCC(C)(C)C(=O)OC1CCOC1.CCCCCCCCCCOC(=O)C(C)(C)CC. The Balaban J connectivity index is 0.000000609. The highest BCUT2D eigenvalue weighted by atomic mass is 16.6. The van der Waals surface area contributed by atoms with E-state index in [1.807, 2.05) is 41.5 Å². The zero-order chi connectivity index (χ0) is 23.8. The molecule has 1 aliphatic heterocycles. The monoisotopic (exact) mass is 442 g/mol. The number of unbranched alkanes of at least 4 members (excludes halogenated alkanes) is 7. The van der Waals surface area contributed by atoms with Crippen LogP contribution in [0.4, 0.5) is 0 Å². The van der Waals surface area contributed by atoms with Crippen LogP contribution in [0.15, 0.2) is 0 Å². The minimum absolute atomic E-state index is 0.0154. The Morgan fingerprint density at radius 3 is 1.81 bits per heavy atom. The molecule has 1 heterocycles. The quantitative estimate of drug-likeness (QED) is 0.217. The standard InChI is InChI=1S/C16H32O2.C10H18O3/c1-5-7-8-9-10-11-12-13-14-18-15(17)16(3,4)6-2;1-4-10(2,3)9(11)13-8-5-6-12-7-8/h5-14H2,1-4H3;8H,4-7H2,1-3H3. The average molecular weight is 443 g/mol. The normalized spacial score (nSPS) is 16.4. The Kier molecular flexibility index (Phi) is 15.9. The molecule has 0 saturated carbocycles. The molecule has 0 aliphatic carbocycles. The molecule has 0 radical (unpaired) electrons. The van der Waals surface area contributed by atoms with E-state index < -0.39 is 0 Å². The van der Waals surface area contributed by atoms with Gasteiger partial charge in [0.1, 0.15) is 6.10 Å². The summed E-state index contributed by atoms with van der Waals surface area (Å²) in [5.41, 5.74) is -0.678. The largest absolute Gasteiger partial charge is 0.465 e. The van der Waals surface area contributed by atoms with E-state index in [0.717, 1.165) is 25.7 Å². The highest BCUT2D eigenvalue weighted by molar-refractivity contribution is 5.76. The Morgan fingerprint density at radius 1 is 0.806 bits per heavy atom. The maximum atomic E-state index is 11.7. The van der Waals surface area contributed by atoms with Crippen molar-refractivity contribution >= 4 is 11.9 Å². The van der Waals surface area contributed by atoms with Gasteiger partial charge in [0.05, 0.1) is 30.7 Å². The third kappa shape index (κ3) is 13.8. The molecule has 0 N–H and O–H groups in total. The molecule has 1 rings (SSSR count). The minimum atomic E-state index is -0.359. The fraction of sp³-hybridized carbons (Fsp3) is 0.923. The van der Waals surface area contributed by atoms with Crippen molar-refractivity contribution in [2.24, 2.45) is 10.8 Å². The molecule has 0 aromatic heterocycles. The van der Waals surface area contributed by atoms with Crippen LogP contribution < -0.4 is 0 Å². The zero-order valence-corrected chi connectivity index (χ0v) is 21.5. The number of carbonyl (C=O) groups excluding carboxylic acids is 2. The van der Waals surface area contributed by atoms with Crippen molar-refractivity contribution in [1.29, 1.82) is 0 Å². The van der Waals surface area contributed by atoms with E-state index in [-0.39, 0.29) is 28.9 Å². The predicted molar refractivity (Wildman–Crippen MR) is 127 cm³/mol. The average Bonchev–Trinajstić information content (AvgIpc) is 3.25. The Hall–Kier alpha value is -1.10. The first-order valence-corrected chi connectivity index (χ1v) is 12.6. The summed E-state index contributed by atoms with van der Waals surface area (Å²) in [6.07, 6.45) is 12.7. The molecule has 0 aromatic carbocycles. The Labute approximate surface area is 192 Å². The van der Waals surface area contributed by atoms with Gasteiger partial charge in [0, 0.05) is 6.42 Å². The van der Waals surface area contributed by atoms with E-state index in [1.54, 1.807) is 0 Å². The topological polar surface area (TPSA) is 61.8 Å². The van der Waals surface area contributed by atoms with Crippen molar-refractivity contribution in [1.82, 2.24) is 0 Å². The first-order valence-electron chi connectivity index (χ1n) is 12.6. The van der Waals surface area contributed by atoms with Crippen LogP contribution in [0.5, 0.6) is 0 Å². The molecular weight excluding hydrogens is 392 g/mol. The smallest absolute Gasteiger partial charge is 0.311 e. The molecule has 0 amide bonds. The molecule has 1 saturated heterocycles. The van der Waals surface area contributed by atoms with E-state index in [2.05, 4.69) is 6.92 Å². The molecule has 1 aliphatic rings. The number of ether oxygens (including phenoxy) is 3. The number of esters is 2. The van der Waals surface area contributed by atoms with Crippen LogP contribution in [0.1, 0.15) is 119 Å². The number of rotatable bonds is 14. The van der Waals surface area contributed by atoms with E-state index in [9.17, 15) is 9.59 Å². The summed E-state index contributed by atoms with van der Waals surface area (Å²) in [5.74, 6) is -0.154. The summed E-state index contributed by atoms with van der Waals surface area (Å²) in [4.78, 5) is 23.3. The van der Waals surface area contributed by atoms with Crippen molar-refractivity contribution < 1.29 is 23.8 Å². The fourth-order valence-corrected chi connectivity index (χ4v) is 2.80. The third-order valence-corrected chi connectivity index (χ3v) is 6.27. The van der Waals surface area contributed by atoms with Gasteiger partial charge in [-0.15, -0.1) is 0 Å². The van der Waals surface area contributed by atoms with Crippen molar-refractivity contribution in [3.8, 4) is 0 Å². The van der Waals surface area contributed by atoms with Gasteiger partial charge in [0.2, 0.25) is 0 Å². The second-order valence-electron chi connectivity index (χ2n) is 9.98. The minimum Gasteiger partial charge on any atom is -0.465 e. The Bertz CT molecular complexity index is 478. The summed E-state index contributed by atoms with van der Waals surface area (Å²) in [6.45, 7) is 15.8. The molecule has 31 heavy (non-hydrogen) atoms. The summed E-state index contributed by atoms with van der Waals surface area (Å²) in [7, 11) is 0. The van der Waals surface area contributed by atoms with Crippen LogP contribution >= 0.6 is 0 Å². The van der Waals surface area contributed by atoms with E-state index in [0.29, 0.717) is 19.8 Å². The van der Waals surface area contributed by atoms with Crippen LogP contribution in [0.3, 0.4) is 0 Å². The first kappa shape index (κ1) is 29.9. The molecule has 0 bridgehead atoms. The van der Waals surface area contributed by atoms with Crippen LogP contribution in [0.25, 0.3) is 0 Å². The summed E-state index contributed by atoms with van der Waals surface area (Å²) in [5, 5.41) is 0. The van der Waals surface area contributed by atoms with Crippen molar-refractivity contribution in [3.05, 3.63) is 0 Å². The molecule has 1 fully saturated rings. The summed E-state index contributed by atoms with van der Waals surface area (Å²) < 4.78 is 15.7.